The lowest BCUT2D eigenvalue weighted by molar-refractivity contribution is 0.0203. The van der Waals surface area contributed by atoms with E-state index in [0.717, 1.165) is 17.8 Å². The maximum Gasteiger partial charge on any atom is 0.410 e. The first-order valence-corrected chi connectivity index (χ1v) is 13.7. The molecule has 5 rings (SSSR count). The molecule has 2 fully saturated rings. The molecule has 8 heteroatoms. The molecule has 0 radical (unpaired) electrons. The Balaban J connectivity index is 1.40. The van der Waals surface area contributed by atoms with Gasteiger partial charge in [0.25, 0.3) is 5.91 Å². The van der Waals surface area contributed by atoms with Gasteiger partial charge >= 0.3 is 6.09 Å². The summed E-state index contributed by atoms with van der Waals surface area (Å²) < 4.78 is 7.41. The molecule has 2 amide bonds. The summed E-state index contributed by atoms with van der Waals surface area (Å²) in [6.07, 6.45) is 3.76. The number of carbonyl (C=O) groups excluding carboxylic acids is 2. The zero-order chi connectivity index (χ0) is 26.9. The molecule has 3 aromatic rings. The number of hydrogen-bond acceptors (Lipinski definition) is 4. The lowest BCUT2D eigenvalue weighted by Gasteiger charge is -2.34. The van der Waals surface area contributed by atoms with E-state index in [1.54, 1.807) is 11.1 Å². The van der Waals surface area contributed by atoms with Crippen molar-refractivity contribution in [3.8, 4) is 5.69 Å². The number of carbonyl (C=O) groups is 2. The fourth-order valence-electron chi connectivity index (χ4n) is 5.51. The van der Waals surface area contributed by atoms with Gasteiger partial charge in [0, 0.05) is 38.0 Å². The van der Waals surface area contributed by atoms with E-state index < -0.39 is 5.60 Å². The minimum Gasteiger partial charge on any atom is -0.444 e. The standard InChI is InChI=1S/C30H35ClN4O3/c1-30(2,3)38-29(37)33-16-13-22(14-17-33)27-24(19-32-35(27)26-12-8-7-11-25(26)31)28(36)34-18-15-23(20-34)21-9-5-4-6-10-21/h4-12,19,22-23H,13-18,20H2,1-3H3/t23-/m0/s1. The number of likely N-dealkylation sites (tertiary alicyclic amines) is 2. The van der Waals surface area contributed by atoms with Crippen molar-refractivity contribution in [3.05, 3.63) is 82.6 Å². The largest absolute Gasteiger partial charge is 0.444 e. The minimum absolute atomic E-state index is 0.00584. The molecule has 0 bridgehead atoms. The Morgan fingerprint density at radius 3 is 2.21 bits per heavy atom. The second kappa shape index (κ2) is 10.8. The highest BCUT2D eigenvalue weighted by Crippen LogP contribution is 2.36. The van der Waals surface area contributed by atoms with Crippen LogP contribution in [-0.4, -0.2) is 63.4 Å². The van der Waals surface area contributed by atoms with Gasteiger partial charge in [-0.2, -0.15) is 5.10 Å². The van der Waals surface area contributed by atoms with Gasteiger partial charge in [-0.1, -0.05) is 54.1 Å². The Morgan fingerprint density at radius 1 is 0.895 bits per heavy atom. The van der Waals surface area contributed by atoms with Crippen molar-refractivity contribution in [1.82, 2.24) is 19.6 Å². The van der Waals surface area contributed by atoms with E-state index in [0.29, 0.717) is 55.5 Å². The summed E-state index contributed by atoms with van der Waals surface area (Å²) in [5.41, 5.74) is 2.97. The van der Waals surface area contributed by atoms with Crippen LogP contribution in [-0.2, 0) is 4.74 Å². The third-order valence-electron chi connectivity index (χ3n) is 7.40. The molecule has 2 aromatic carbocycles. The number of aromatic nitrogens is 2. The van der Waals surface area contributed by atoms with E-state index in [-0.39, 0.29) is 17.9 Å². The smallest absolute Gasteiger partial charge is 0.410 e. The van der Waals surface area contributed by atoms with Crippen LogP contribution in [0.3, 0.4) is 0 Å². The fraction of sp³-hybridized carbons (Fsp3) is 0.433. The maximum absolute atomic E-state index is 13.9. The first-order chi connectivity index (χ1) is 18.2. The molecule has 7 nitrogen and oxygen atoms in total. The highest BCUT2D eigenvalue weighted by molar-refractivity contribution is 6.32. The number of nitrogens with zero attached hydrogens (tertiary/aromatic N) is 4. The molecule has 38 heavy (non-hydrogen) atoms. The van der Waals surface area contributed by atoms with Gasteiger partial charge in [-0.25, -0.2) is 9.48 Å². The van der Waals surface area contributed by atoms with Crippen LogP contribution in [0.5, 0.6) is 0 Å². The van der Waals surface area contributed by atoms with Crippen LogP contribution >= 0.6 is 11.6 Å². The monoisotopic (exact) mass is 534 g/mol. The Morgan fingerprint density at radius 2 is 1.53 bits per heavy atom. The predicted octanol–water partition coefficient (Wildman–Crippen LogP) is 6.27. The van der Waals surface area contributed by atoms with Crippen molar-refractivity contribution in [2.45, 2.75) is 57.5 Å². The summed E-state index contributed by atoms with van der Waals surface area (Å²) in [6, 6.07) is 18.0. The molecule has 0 N–H and O–H groups in total. The number of para-hydroxylation sites is 1. The molecule has 0 spiro atoms. The Kier molecular flexibility index (Phi) is 7.48. The van der Waals surface area contributed by atoms with Crippen molar-refractivity contribution >= 4 is 23.6 Å². The van der Waals surface area contributed by atoms with Gasteiger partial charge in [0.15, 0.2) is 0 Å². The molecular formula is C30H35ClN4O3. The van der Waals surface area contributed by atoms with Gasteiger partial charge in [-0.3, -0.25) is 4.79 Å². The molecular weight excluding hydrogens is 500 g/mol. The molecule has 0 aliphatic carbocycles. The summed E-state index contributed by atoms with van der Waals surface area (Å²) in [6.45, 7) is 8.14. The third kappa shape index (κ3) is 5.58. The van der Waals surface area contributed by atoms with E-state index in [4.69, 9.17) is 16.3 Å². The quantitative estimate of drug-likeness (QED) is 0.395. The van der Waals surface area contributed by atoms with Crippen LogP contribution in [0.15, 0.2) is 60.8 Å². The highest BCUT2D eigenvalue weighted by atomic mass is 35.5. The average molecular weight is 535 g/mol. The number of benzene rings is 2. The van der Waals surface area contributed by atoms with Crippen molar-refractivity contribution in [2.75, 3.05) is 26.2 Å². The first-order valence-electron chi connectivity index (χ1n) is 13.4. The summed E-state index contributed by atoms with van der Waals surface area (Å²) in [5, 5.41) is 5.25. The number of piperidine rings is 1. The molecule has 2 saturated heterocycles. The number of halogens is 1. The van der Waals surface area contributed by atoms with Gasteiger partial charge in [-0.15, -0.1) is 0 Å². The second-order valence-corrected chi connectivity index (χ2v) is 11.6. The molecule has 1 aromatic heterocycles. The van der Waals surface area contributed by atoms with Crippen LogP contribution < -0.4 is 0 Å². The maximum atomic E-state index is 13.9. The Labute approximate surface area is 229 Å². The SMILES string of the molecule is CC(C)(C)OC(=O)N1CCC(c2c(C(=O)N3CC[C@H](c4ccccc4)C3)cnn2-c2ccccc2Cl)CC1. The Hall–Kier alpha value is -3.32. The van der Waals surface area contributed by atoms with Gasteiger partial charge in [0.05, 0.1) is 28.2 Å². The first kappa shape index (κ1) is 26.3. The van der Waals surface area contributed by atoms with E-state index in [1.807, 2.05) is 60.7 Å². The van der Waals surface area contributed by atoms with E-state index in [9.17, 15) is 9.59 Å². The van der Waals surface area contributed by atoms with Crippen LogP contribution in [0, 0.1) is 0 Å². The van der Waals surface area contributed by atoms with E-state index in [1.165, 1.54) is 5.56 Å². The van der Waals surface area contributed by atoms with Gasteiger partial charge in [0.1, 0.15) is 5.60 Å². The summed E-state index contributed by atoms with van der Waals surface area (Å²) in [7, 11) is 0. The molecule has 1 atom stereocenters. The highest BCUT2D eigenvalue weighted by Gasteiger charge is 2.35. The van der Waals surface area contributed by atoms with Crippen LogP contribution in [0.25, 0.3) is 5.69 Å². The fourth-order valence-corrected chi connectivity index (χ4v) is 5.72. The van der Waals surface area contributed by atoms with Gasteiger partial charge in [-0.05, 0) is 57.7 Å². The van der Waals surface area contributed by atoms with Crippen molar-refractivity contribution in [2.24, 2.45) is 0 Å². The molecule has 2 aliphatic heterocycles. The lowest BCUT2D eigenvalue weighted by atomic mass is 9.90. The van der Waals surface area contributed by atoms with E-state index in [2.05, 4.69) is 29.4 Å². The predicted molar refractivity (Wildman–Crippen MR) is 148 cm³/mol. The summed E-state index contributed by atoms with van der Waals surface area (Å²) in [4.78, 5) is 30.2. The third-order valence-corrected chi connectivity index (χ3v) is 7.72. The number of amides is 2. The molecule has 200 valence electrons. The van der Waals surface area contributed by atoms with Crippen molar-refractivity contribution in [3.63, 3.8) is 0 Å². The van der Waals surface area contributed by atoms with Crippen molar-refractivity contribution < 1.29 is 14.3 Å². The molecule has 3 heterocycles. The number of rotatable bonds is 4. The molecule has 0 saturated carbocycles. The zero-order valence-corrected chi connectivity index (χ0v) is 23.0. The van der Waals surface area contributed by atoms with Crippen LogP contribution in [0.1, 0.15) is 73.5 Å². The second-order valence-electron chi connectivity index (χ2n) is 11.2. The lowest BCUT2D eigenvalue weighted by Crippen LogP contribution is -2.41. The number of hydrogen-bond donors (Lipinski definition) is 0. The summed E-state index contributed by atoms with van der Waals surface area (Å²) >= 11 is 6.57. The van der Waals surface area contributed by atoms with Gasteiger partial charge in [0.2, 0.25) is 0 Å². The average Bonchev–Trinajstić information content (AvgIpc) is 3.57. The van der Waals surface area contributed by atoms with E-state index >= 15 is 0 Å². The summed E-state index contributed by atoms with van der Waals surface area (Å²) in [5.74, 6) is 0.393. The molecule has 0 unspecified atom stereocenters. The Bertz CT molecular complexity index is 1290. The normalized spacial score (nSPS) is 18.6. The van der Waals surface area contributed by atoms with Crippen LogP contribution in [0.4, 0.5) is 4.79 Å². The topological polar surface area (TPSA) is 67.7 Å². The molecule has 2 aliphatic rings. The van der Waals surface area contributed by atoms with Crippen molar-refractivity contribution in [1.29, 1.82) is 0 Å². The zero-order valence-electron chi connectivity index (χ0n) is 22.3. The minimum atomic E-state index is -0.538. The number of ether oxygens (including phenoxy) is 1. The van der Waals surface area contributed by atoms with Crippen LogP contribution in [0.2, 0.25) is 5.02 Å². The van der Waals surface area contributed by atoms with Gasteiger partial charge < -0.3 is 14.5 Å².